The van der Waals surface area contributed by atoms with Crippen LogP contribution < -0.4 is 4.90 Å². The molecule has 0 atom stereocenters. The summed E-state index contributed by atoms with van der Waals surface area (Å²) < 4.78 is 7.99. The molecule has 0 aliphatic heterocycles. The monoisotopic (exact) mass is 746 g/mol. The van der Waals surface area contributed by atoms with Crippen LogP contribution in [-0.4, -0.2) is 4.98 Å². The maximum atomic E-state index is 6.93. The fraction of sp³-hybridized carbons (Fsp3) is 0. The van der Waals surface area contributed by atoms with E-state index in [0.717, 1.165) is 70.9 Å². The molecule has 0 bridgehead atoms. The highest BCUT2D eigenvalue weighted by molar-refractivity contribution is 7.22. The Morgan fingerprint density at radius 2 is 1.04 bits per heavy atom. The number of thiazole rings is 1. The topological polar surface area (TPSA) is 29.3 Å². The molecule has 0 saturated heterocycles. The van der Waals surface area contributed by atoms with Crippen LogP contribution in [0.2, 0.25) is 0 Å². The second-order valence-electron chi connectivity index (χ2n) is 14.3. The maximum Gasteiger partial charge on any atom is 0.161 e. The molecule has 0 aliphatic carbocycles. The first kappa shape index (κ1) is 33.1. The number of aromatic nitrogens is 1. The molecule has 2 aromatic heterocycles. The number of furan rings is 1. The van der Waals surface area contributed by atoms with Crippen LogP contribution in [0.5, 0.6) is 0 Å². The first-order valence-corrected chi connectivity index (χ1v) is 20.0. The lowest BCUT2D eigenvalue weighted by Crippen LogP contribution is -2.11. The van der Waals surface area contributed by atoms with E-state index in [1.165, 1.54) is 33.0 Å². The molecule has 0 spiro atoms. The fourth-order valence-electron chi connectivity index (χ4n) is 8.20. The minimum Gasteiger partial charge on any atom is -0.454 e. The zero-order valence-electron chi connectivity index (χ0n) is 30.8. The van der Waals surface area contributed by atoms with Gasteiger partial charge in [0.15, 0.2) is 5.58 Å². The van der Waals surface area contributed by atoms with Crippen LogP contribution in [0, 0.1) is 0 Å². The Labute approximate surface area is 334 Å². The van der Waals surface area contributed by atoms with Crippen molar-refractivity contribution in [1.29, 1.82) is 0 Å². The SMILES string of the molecule is c1ccc(-c2ccc(N(c3ccc(-c4ccccc4)c(-c4cccc5ccccc45)c3)c3c4oc5ccccc5c4cc4nc(-c5ccccc5)sc34)cc2)cc1. The van der Waals surface area contributed by atoms with Gasteiger partial charge < -0.3 is 9.32 Å². The lowest BCUT2D eigenvalue weighted by atomic mass is 9.90. The second kappa shape index (κ2) is 13.8. The van der Waals surface area contributed by atoms with Crippen LogP contribution in [0.15, 0.2) is 211 Å². The minimum atomic E-state index is 0.831. The lowest BCUT2D eigenvalue weighted by molar-refractivity contribution is 0.669. The first-order chi connectivity index (χ1) is 28.3. The molecule has 4 heteroatoms. The average Bonchev–Trinajstić information content (AvgIpc) is 3.89. The Hall–Kier alpha value is -7.27. The Morgan fingerprint density at radius 3 is 1.81 bits per heavy atom. The van der Waals surface area contributed by atoms with Gasteiger partial charge in [-0.15, -0.1) is 11.3 Å². The Bertz CT molecular complexity index is 3220. The van der Waals surface area contributed by atoms with Crippen molar-refractivity contribution in [2.75, 3.05) is 4.90 Å². The van der Waals surface area contributed by atoms with Crippen molar-refractivity contribution in [2.45, 2.75) is 0 Å². The third-order valence-corrected chi connectivity index (χ3v) is 12.0. The van der Waals surface area contributed by atoms with E-state index in [4.69, 9.17) is 9.40 Å². The number of benzene rings is 9. The zero-order valence-corrected chi connectivity index (χ0v) is 31.7. The first-order valence-electron chi connectivity index (χ1n) is 19.2. The quantitative estimate of drug-likeness (QED) is 0.163. The molecule has 0 unspecified atom stereocenters. The summed E-state index contributed by atoms with van der Waals surface area (Å²) in [5.74, 6) is 0. The zero-order chi connectivity index (χ0) is 37.7. The van der Waals surface area contributed by atoms with Gasteiger partial charge in [0, 0.05) is 27.7 Å². The number of fused-ring (bicyclic) bond motifs is 5. The van der Waals surface area contributed by atoms with E-state index in [-0.39, 0.29) is 0 Å². The number of para-hydroxylation sites is 1. The molecule has 9 aromatic carbocycles. The molecular formula is C53H34N2OS. The molecule has 0 aliphatic rings. The molecule has 268 valence electrons. The smallest absolute Gasteiger partial charge is 0.161 e. The molecular weight excluding hydrogens is 713 g/mol. The van der Waals surface area contributed by atoms with E-state index in [2.05, 4.69) is 205 Å². The number of hydrogen-bond acceptors (Lipinski definition) is 4. The summed E-state index contributed by atoms with van der Waals surface area (Å²) in [5, 5.41) is 5.50. The molecule has 11 rings (SSSR count). The van der Waals surface area contributed by atoms with E-state index in [9.17, 15) is 0 Å². The van der Waals surface area contributed by atoms with Crippen LogP contribution in [0.4, 0.5) is 17.1 Å². The van der Waals surface area contributed by atoms with E-state index < -0.39 is 0 Å². The van der Waals surface area contributed by atoms with Gasteiger partial charge in [-0.3, -0.25) is 0 Å². The summed E-state index contributed by atoms with van der Waals surface area (Å²) in [6, 6.07) is 73.4. The Kier molecular flexibility index (Phi) is 8.01. The second-order valence-corrected chi connectivity index (χ2v) is 15.3. The van der Waals surface area contributed by atoms with Gasteiger partial charge in [0.1, 0.15) is 16.3 Å². The van der Waals surface area contributed by atoms with Gasteiger partial charge in [-0.05, 0) is 80.6 Å². The third kappa shape index (κ3) is 5.78. The summed E-state index contributed by atoms with van der Waals surface area (Å²) in [7, 11) is 0. The van der Waals surface area contributed by atoms with Crippen molar-refractivity contribution >= 4 is 71.3 Å². The highest BCUT2D eigenvalue weighted by Gasteiger charge is 2.26. The van der Waals surface area contributed by atoms with Gasteiger partial charge in [-0.25, -0.2) is 4.98 Å². The van der Waals surface area contributed by atoms with Crippen LogP contribution in [0.3, 0.4) is 0 Å². The van der Waals surface area contributed by atoms with Crippen molar-refractivity contribution in [2.24, 2.45) is 0 Å². The molecule has 0 amide bonds. The van der Waals surface area contributed by atoms with Gasteiger partial charge in [0.05, 0.1) is 10.2 Å². The summed E-state index contributed by atoms with van der Waals surface area (Å²) >= 11 is 1.71. The predicted octanol–water partition coefficient (Wildman–Crippen LogP) is 15.5. The lowest BCUT2D eigenvalue weighted by Gasteiger charge is -2.27. The van der Waals surface area contributed by atoms with Crippen LogP contribution >= 0.6 is 11.3 Å². The third-order valence-electron chi connectivity index (χ3n) is 10.9. The van der Waals surface area contributed by atoms with E-state index in [1.807, 2.05) is 6.07 Å². The highest BCUT2D eigenvalue weighted by Crippen LogP contribution is 2.50. The standard InChI is InChI=1S/C53H34N2OS/c1-4-15-35(16-5-1)36-27-29-40(30-28-36)55(41-31-32-43(37-17-6-2-7-18-37)46(33-41)44-25-14-22-38-19-10-11-23-42(38)44)50-51-47(45-24-12-13-26-49(45)56-51)34-48-52(50)57-53(54-48)39-20-8-3-9-21-39/h1-34H. The molecule has 0 N–H and O–H groups in total. The van der Waals surface area contributed by atoms with Crippen molar-refractivity contribution in [1.82, 2.24) is 4.98 Å². The number of hydrogen-bond donors (Lipinski definition) is 0. The van der Waals surface area contributed by atoms with Gasteiger partial charge >= 0.3 is 0 Å². The van der Waals surface area contributed by atoms with Crippen LogP contribution in [0.1, 0.15) is 0 Å². The fourth-order valence-corrected chi connectivity index (χ4v) is 9.28. The number of nitrogens with zero attached hydrogens (tertiary/aromatic N) is 2. The Morgan fingerprint density at radius 1 is 0.421 bits per heavy atom. The van der Waals surface area contributed by atoms with E-state index >= 15 is 0 Å². The largest absolute Gasteiger partial charge is 0.454 e. The van der Waals surface area contributed by atoms with Gasteiger partial charge in [-0.2, -0.15) is 0 Å². The number of anilines is 3. The van der Waals surface area contributed by atoms with Crippen molar-refractivity contribution in [3.63, 3.8) is 0 Å². The molecule has 0 saturated carbocycles. The highest BCUT2D eigenvalue weighted by atomic mass is 32.1. The van der Waals surface area contributed by atoms with Gasteiger partial charge in [-0.1, -0.05) is 170 Å². The molecule has 3 nitrogen and oxygen atoms in total. The molecule has 57 heavy (non-hydrogen) atoms. The molecule has 0 fully saturated rings. The summed E-state index contributed by atoms with van der Waals surface area (Å²) in [4.78, 5) is 7.69. The Balaban J connectivity index is 1.23. The van der Waals surface area contributed by atoms with Crippen LogP contribution in [0.25, 0.3) is 86.9 Å². The molecule has 11 aromatic rings. The molecule has 0 radical (unpaired) electrons. The maximum absolute atomic E-state index is 6.93. The summed E-state index contributed by atoms with van der Waals surface area (Å²) in [5.41, 5.74) is 13.8. The van der Waals surface area contributed by atoms with E-state index in [1.54, 1.807) is 11.3 Å². The predicted molar refractivity (Wildman–Crippen MR) is 241 cm³/mol. The number of rotatable bonds is 7. The normalized spacial score (nSPS) is 11.5. The van der Waals surface area contributed by atoms with E-state index in [0.29, 0.717) is 0 Å². The van der Waals surface area contributed by atoms with Crippen molar-refractivity contribution in [3.8, 4) is 44.0 Å². The van der Waals surface area contributed by atoms with Gasteiger partial charge in [0.25, 0.3) is 0 Å². The summed E-state index contributed by atoms with van der Waals surface area (Å²) in [6.07, 6.45) is 0. The van der Waals surface area contributed by atoms with Gasteiger partial charge in [0.2, 0.25) is 0 Å². The molecule has 2 heterocycles. The van der Waals surface area contributed by atoms with Crippen molar-refractivity contribution < 1.29 is 4.42 Å². The minimum absolute atomic E-state index is 0.831. The summed E-state index contributed by atoms with van der Waals surface area (Å²) in [6.45, 7) is 0. The van der Waals surface area contributed by atoms with Crippen LogP contribution in [-0.2, 0) is 0 Å². The average molecular weight is 747 g/mol. The van der Waals surface area contributed by atoms with Crippen molar-refractivity contribution in [3.05, 3.63) is 206 Å².